The van der Waals surface area contributed by atoms with Crippen LogP contribution in [0.25, 0.3) is 0 Å². The molecule has 0 aliphatic carbocycles. The molecule has 1 aromatic heterocycles. The van der Waals surface area contributed by atoms with Crippen LogP contribution in [0.5, 0.6) is 0 Å². The fourth-order valence-corrected chi connectivity index (χ4v) is 2.03. The van der Waals surface area contributed by atoms with Crippen molar-refractivity contribution in [2.75, 3.05) is 18.0 Å². The minimum atomic E-state index is 0.448. The van der Waals surface area contributed by atoms with Gasteiger partial charge in [-0.25, -0.2) is 4.98 Å². The molecule has 2 rings (SSSR count). The Kier molecular flexibility index (Phi) is 2.89. The van der Waals surface area contributed by atoms with Gasteiger partial charge in [-0.2, -0.15) is 0 Å². The van der Waals surface area contributed by atoms with E-state index in [0.717, 1.165) is 12.4 Å². The lowest BCUT2D eigenvalue weighted by Crippen LogP contribution is -2.35. The van der Waals surface area contributed by atoms with Crippen molar-refractivity contribution in [3.8, 4) is 0 Å². The molecule has 1 aliphatic heterocycles. The van der Waals surface area contributed by atoms with E-state index in [1.807, 2.05) is 12.1 Å². The third-order valence-electron chi connectivity index (χ3n) is 2.66. The van der Waals surface area contributed by atoms with Crippen LogP contribution in [0.15, 0.2) is 18.3 Å². The van der Waals surface area contributed by atoms with E-state index in [-0.39, 0.29) is 0 Å². The average molecular weight is 212 g/mol. The van der Waals surface area contributed by atoms with E-state index in [0.29, 0.717) is 17.6 Å². The Morgan fingerprint density at radius 3 is 3.07 bits per heavy atom. The van der Waals surface area contributed by atoms with Crippen molar-refractivity contribution in [3.63, 3.8) is 0 Å². The van der Waals surface area contributed by atoms with Crippen molar-refractivity contribution in [2.45, 2.75) is 18.9 Å². The van der Waals surface area contributed by atoms with Crippen LogP contribution in [-0.2, 0) is 0 Å². The van der Waals surface area contributed by atoms with Crippen LogP contribution in [0.4, 0.5) is 5.82 Å². The lowest BCUT2D eigenvalue weighted by atomic mass is 10.2. The first-order chi connectivity index (χ1) is 6.81. The third kappa shape index (κ3) is 1.83. The van der Waals surface area contributed by atoms with Gasteiger partial charge in [-0.05, 0) is 25.0 Å². The minimum absolute atomic E-state index is 0.448. The largest absolute Gasteiger partial charge is 0.352 e. The van der Waals surface area contributed by atoms with Gasteiger partial charge in [0.1, 0.15) is 5.82 Å². The molecule has 1 atom stereocenters. The van der Waals surface area contributed by atoms with E-state index in [9.17, 15) is 0 Å². The highest BCUT2D eigenvalue weighted by Crippen LogP contribution is 2.23. The monoisotopic (exact) mass is 211 g/mol. The Balaban J connectivity index is 2.17. The maximum absolute atomic E-state index is 5.78. The van der Waals surface area contributed by atoms with E-state index in [4.69, 9.17) is 17.3 Å². The van der Waals surface area contributed by atoms with E-state index in [1.54, 1.807) is 6.20 Å². The van der Waals surface area contributed by atoms with Gasteiger partial charge in [0.05, 0.1) is 5.02 Å². The Labute approximate surface area is 88.9 Å². The number of nitrogens with two attached hydrogens (primary N) is 1. The number of aromatic nitrogens is 1. The Morgan fingerprint density at radius 2 is 2.43 bits per heavy atom. The molecule has 0 unspecified atom stereocenters. The van der Waals surface area contributed by atoms with E-state index in [1.165, 1.54) is 12.8 Å². The lowest BCUT2D eigenvalue weighted by molar-refractivity contribution is 0.671. The predicted molar refractivity (Wildman–Crippen MR) is 58.7 cm³/mol. The molecule has 1 saturated heterocycles. The van der Waals surface area contributed by atoms with Crippen molar-refractivity contribution in [1.29, 1.82) is 0 Å². The molecule has 14 heavy (non-hydrogen) atoms. The molecule has 0 amide bonds. The first-order valence-corrected chi connectivity index (χ1v) is 5.27. The number of hydrogen-bond donors (Lipinski definition) is 1. The molecule has 1 fully saturated rings. The second-order valence-corrected chi connectivity index (χ2v) is 4.00. The maximum atomic E-state index is 5.78. The number of halogens is 1. The molecule has 3 nitrogen and oxygen atoms in total. The molecule has 2 N–H and O–H groups in total. The van der Waals surface area contributed by atoms with Crippen molar-refractivity contribution < 1.29 is 0 Å². The summed E-state index contributed by atoms with van der Waals surface area (Å²) in [5.74, 6) is 0.988. The minimum Gasteiger partial charge on any atom is -0.352 e. The van der Waals surface area contributed by atoms with Crippen molar-refractivity contribution in [2.24, 2.45) is 5.73 Å². The van der Waals surface area contributed by atoms with E-state index >= 15 is 0 Å². The molecule has 0 aromatic carbocycles. The Bertz CT molecular complexity index is 299. The Morgan fingerprint density at radius 1 is 1.57 bits per heavy atom. The summed E-state index contributed by atoms with van der Waals surface area (Å²) in [7, 11) is 0. The first-order valence-electron chi connectivity index (χ1n) is 4.89. The summed E-state index contributed by atoms with van der Waals surface area (Å²) >= 11 is 5.78. The summed E-state index contributed by atoms with van der Waals surface area (Å²) in [5.41, 5.74) is 5.70. The quantitative estimate of drug-likeness (QED) is 0.809. The molecule has 4 heteroatoms. The Hall–Kier alpha value is -0.800. The van der Waals surface area contributed by atoms with Gasteiger partial charge >= 0.3 is 0 Å². The molecule has 0 spiro atoms. The number of pyridine rings is 1. The summed E-state index contributed by atoms with van der Waals surface area (Å²) in [6.45, 7) is 1.75. The van der Waals surface area contributed by atoms with Crippen LogP contribution in [-0.4, -0.2) is 24.1 Å². The molecular formula is C10H14ClN3. The molecular weight excluding hydrogens is 198 g/mol. The highest BCUT2D eigenvalue weighted by Gasteiger charge is 2.23. The van der Waals surface area contributed by atoms with Crippen LogP contribution < -0.4 is 10.6 Å². The van der Waals surface area contributed by atoms with Gasteiger partial charge < -0.3 is 10.6 Å². The topological polar surface area (TPSA) is 42.1 Å². The van der Waals surface area contributed by atoms with Crippen molar-refractivity contribution >= 4 is 17.4 Å². The highest BCUT2D eigenvalue weighted by atomic mass is 35.5. The third-order valence-corrected chi connectivity index (χ3v) is 2.88. The van der Waals surface area contributed by atoms with E-state index in [2.05, 4.69) is 9.88 Å². The summed E-state index contributed by atoms with van der Waals surface area (Å²) in [6.07, 6.45) is 4.05. The normalized spacial score (nSPS) is 21.6. The molecule has 0 radical (unpaired) electrons. The zero-order chi connectivity index (χ0) is 9.97. The smallest absolute Gasteiger partial charge is 0.128 e. The van der Waals surface area contributed by atoms with Crippen molar-refractivity contribution in [3.05, 3.63) is 23.4 Å². The summed E-state index contributed by atoms with van der Waals surface area (Å²) < 4.78 is 0. The second-order valence-electron chi connectivity index (χ2n) is 3.56. The molecule has 0 bridgehead atoms. The van der Waals surface area contributed by atoms with Crippen LogP contribution in [0.3, 0.4) is 0 Å². The first kappa shape index (κ1) is 9.74. The fraction of sp³-hybridized carbons (Fsp3) is 0.500. The number of hydrogen-bond acceptors (Lipinski definition) is 3. The average Bonchev–Trinajstić information content (AvgIpc) is 2.67. The molecule has 0 saturated carbocycles. The maximum Gasteiger partial charge on any atom is 0.128 e. The molecule has 76 valence electrons. The zero-order valence-electron chi connectivity index (χ0n) is 7.99. The van der Waals surface area contributed by atoms with Gasteiger partial charge in [-0.3, -0.25) is 0 Å². The molecule has 1 aliphatic rings. The van der Waals surface area contributed by atoms with Crippen LogP contribution >= 0.6 is 11.6 Å². The van der Waals surface area contributed by atoms with E-state index < -0.39 is 0 Å². The summed E-state index contributed by atoms with van der Waals surface area (Å²) in [6, 6.07) is 4.27. The zero-order valence-corrected chi connectivity index (χ0v) is 8.74. The van der Waals surface area contributed by atoms with Crippen molar-refractivity contribution in [1.82, 2.24) is 4.98 Å². The SMILES string of the molecule is NC[C@@H]1CCCN1c1ccc(Cl)cn1. The number of rotatable bonds is 2. The summed E-state index contributed by atoms with van der Waals surface area (Å²) in [4.78, 5) is 6.56. The van der Waals surface area contributed by atoms with Gasteiger partial charge in [0.25, 0.3) is 0 Å². The lowest BCUT2D eigenvalue weighted by Gasteiger charge is -2.24. The van der Waals surface area contributed by atoms with Gasteiger partial charge in [-0.1, -0.05) is 11.6 Å². The second kappa shape index (κ2) is 4.15. The highest BCUT2D eigenvalue weighted by molar-refractivity contribution is 6.30. The number of anilines is 1. The van der Waals surface area contributed by atoms with Gasteiger partial charge in [0, 0.05) is 25.3 Å². The number of nitrogens with zero attached hydrogens (tertiary/aromatic N) is 2. The van der Waals surface area contributed by atoms with Gasteiger partial charge in [0.15, 0.2) is 0 Å². The molecule has 2 heterocycles. The predicted octanol–water partition coefficient (Wildman–Crippen LogP) is 1.66. The standard InChI is InChI=1S/C10H14ClN3/c11-8-3-4-10(13-7-8)14-5-1-2-9(14)6-12/h3-4,7,9H,1-2,5-6,12H2/t9-/m0/s1. The molecule has 1 aromatic rings. The summed E-state index contributed by atoms with van der Waals surface area (Å²) in [5, 5.41) is 0.678. The van der Waals surface area contributed by atoms with Crippen LogP contribution in [0.1, 0.15) is 12.8 Å². The van der Waals surface area contributed by atoms with Gasteiger partial charge in [-0.15, -0.1) is 0 Å². The fourth-order valence-electron chi connectivity index (χ4n) is 1.92. The van der Waals surface area contributed by atoms with Gasteiger partial charge in [0.2, 0.25) is 0 Å². The van der Waals surface area contributed by atoms with Crippen LogP contribution in [0, 0.1) is 0 Å². The van der Waals surface area contributed by atoms with Crippen LogP contribution in [0.2, 0.25) is 5.02 Å².